The molecule has 9 nitrogen and oxygen atoms in total. The van der Waals surface area contributed by atoms with Gasteiger partial charge in [0.25, 0.3) is 0 Å². The molecule has 0 radical (unpaired) electrons. The number of rotatable bonds is 3. The van der Waals surface area contributed by atoms with E-state index in [1.807, 2.05) is 0 Å². The highest BCUT2D eigenvalue weighted by atomic mass is 32.3. The van der Waals surface area contributed by atoms with Gasteiger partial charge in [-0.1, -0.05) is 24.3 Å². The van der Waals surface area contributed by atoms with Gasteiger partial charge in [-0.05, 0) is 11.1 Å². The molecule has 0 aromatic heterocycles. The van der Waals surface area contributed by atoms with E-state index in [0.29, 0.717) is 16.2 Å². The Balaban J connectivity index is 2.10. The molecule has 22 heavy (non-hydrogen) atoms. The predicted molar refractivity (Wildman–Crippen MR) is 72.6 cm³/mol. The Morgan fingerprint density at radius 3 is 2.59 bits per heavy atom. The van der Waals surface area contributed by atoms with Crippen molar-refractivity contribution in [3.8, 4) is 0 Å². The van der Waals surface area contributed by atoms with E-state index < -0.39 is 34.4 Å². The maximum atomic E-state index is 12.3. The zero-order valence-corrected chi connectivity index (χ0v) is 12.3. The molecule has 0 aliphatic carbocycles. The fourth-order valence-corrected chi connectivity index (χ4v) is 3.25. The Labute approximate surface area is 126 Å². The van der Waals surface area contributed by atoms with Gasteiger partial charge in [0, 0.05) is 7.05 Å². The molecule has 2 N–H and O–H groups in total. The molecule has 0 saturated carbocycles. The first-order valence-electron chi connectivity index (χ1n) is 6.40. The molecule has 1 saturated heterocycles. The molecule has 10 heteroatoms. The third-order valence-electron chi connectivity index (χ3n) is 3.72. The Bertz CT molecular complexity index is 749. The summed E-state index contributed by atoms with van der Waals surface area (Å²) in [6.07, 6.45) is 0. The number of urea groups is 1. The molecule has 2 unspecified atom stereocenters. The number of hydrogen-bond acceptors (Lipinski definition) is 5. The lowest BCUT2D eigenvalue weighted by molar-refractivity contribution is -0.125. The standard InChI is InChI=1S/C12H13N3O6S/c1-13-11(16)10-8-5-3-2-4-7(8)9-6-14(10)12(17)15(9)21-22(18,19)20/h2-5,9-10H,6H2,1H3,(H,13,16)(H,18,19,20). The average Bonchev–Trinajstić information content (AvgIpc) is 2.73. The molecule has 1 fully saturated rings. The van der Waals surface area contributed by atoms with Crippen molar-refractivity contribution < 1.29 is 26.8 Å². The van der Waals surface area contributed by atoms with Gasteiger partial charge >= 0.3 is 16.4 Å². The van der Waals surface area contributed by atoms with E-state index in [4.69, 9.17) is 4.55 Å². The van der Waals surface area contributed by atoms with Crippen LogP contribution in [0.2, 0.25) is 0 Å². The van der Waals surface area contributed by atoms with Crippen LogP contribution in [0.25, 0.3) is 0 Å². The van der Waals surface area contributed by atoms with E-state index in [1.165, 1.54) is 11.9 Å². The molecule has 2 bridgehead atoms. The van der Waals surface area contributed by atoms with Gasteiger partial charge in [-0.15, -0.1) is 4.28 Å². The molecular formula is C12H13N3O6S. The van der Waals surface area contributed by atoms with Crippen LogP contribution in [0.1, 0.15) is 23.2 Å². The van der Waals surface area contributed by atoms with Gasteiger partial charge in [0.2, 0.25) is 5.91 Å². The van der Waals surface area contributed by atoms with Gasteiger partial charge < -0.3 is 10.2 Å². The number of nitrogens with one attached hydrogen (secondary N) is 1. The first-order chi connectivity index (χ1) is 10.3. The average molecular weight is 327 g/mol. The van der Waals surface area contributed by atoms with E-state index in [0.717, 1.165) is 0 Å². The van der Waals surface area contributed by atoms with Crippen LogP contribution >= 0.6 is 0 Å². The van der Waals surface area contributed by atoms with Gasteiger partial charge in [0.15, 0.2) is 0 Å². The second-order valence-corrected chi connectivity index (χ2v) is 5.93. The number of carbonyl (C=O) groups excluding carboxylic acids is 2. The molecule has 2 aliphatic heterocycles. The summed E-state index contributed by atoms with van der Waals surface area (Å²) in [6.45, 7) is 0.0868. The Morgan fingerprint density at radius 1 is 1.36 bits per heavy atom. The predicted octanol–water partition coefficient (Wildman–Crippen LogP) is 0.000400. The van der Waals surface area contributed by atoms with Gasteiger partial charge in [-0.3, -0.25) is 9.35 Å². The monoisotopic (exact) mass is 327 g/mol. The lowest BCUT2D eigenvalue weighted by Gasteiger charge is -2.31. The Morgan fingerprint density at radius 2 is 2.00 bits per heavy atom. The van der Waals surface area contributed by atoms with Crippen LogP contribution in [0.15, 0.2) is 24.3 Å². The van der Waals surface area contributed by atoms with Crippen molar-refractivity contribution in [3.63, 3.8) is 0 Å². The minimum atomic E-state index is -4.85. The number of likely N-dealkylation sites (N-methyl/N-ethyl adjacent to an activating group) is 1. The van der Waals surface area contributed by atoms with Gasteiger partial charge in [-0.25, -0.2) is 4.79 Å². The number of fused-ring (bicyclic) bond motifs is 4. The largest absolute Gasteiger partial charge is 0.418 e. The van der Waals surface area contributed by atoms with Crippen molar-refractivity contribution in [2.75, 3.05) is 13.6 Å². The molecular weight excluding hydrogens is 314 g/mol. The quantitative estimate of drug-likeness (QED) is 0.755. The van der Waals surface area contributed by atoms with Crippen LogP contribution in [0.4, 0.5) is 4.79 Å². The molecule has 118 valence electrons. The first-order valence-corrected chi connectivity index (χ1v) is 7.77. The van der Waals surface area contributed by atoms with Gasteiger partial charge in [0.05, 0.1) is 6.54 Å². The topological polar surface area (TPSA) is 116 Å². The van der Waals surface area contributed by atoms with Crippen LogP contribution in [-0.4, -0.2) is 48.5 Å². The summed E-state index contributed by atoms with van der Waals surface area (Å²) in [7, 11) is -3.40. The second kappa shape index (κ2) is 4.93. The SMILES string of the molecule is CNC(=O)C1c2ccccc2C2CN1C(=O)N2OS(=O)(=O)O. The lowest BCUT2D eigenvalue weighted by Crippen LogP contribution is -2.42. The van der Waals surface area contributed by atoms with Crippen LogP contribution in [-0.2, 0) is 19.5 Å². The second-order valence-electron chi connectivity index (χ2n) is 4.92. The maximum absolute atomic E-state index is 12.3. The third-order valence-corrected chi connectivity index (χ3v) is 4.07. The zero-order valence-electron chi connectivity index (χ0n) is 11.5. The highest BCUT2D eigenvalue weighted by Gasteiger charge is 2.51. The van der Waals surface area contributed by atoms with Crippen molar-refractivity contribution in [2.45, 2.75) is 12.1 Å². The highest BCUT2D eigenvalue weighted by molar-refractivity contribution is 7.80. The number of nitrogens with zero attached hydrogens (tertiary/aromatic N) is 2. The van der Waals surface area contributed by atoms with E-state index >= 15 is 0 Å². The van der Waals surface area contributed by atoms with Crippen molar-refractivity contribution in [1.29, 1.82) is 0 Å². The van der Waals surface area contributed by atoms with Crippen LogP contribution in [0, 0.1) is 0 Å². The molecule has 2 atom stereocenters. The minimum Gasteiger partial charge on any atom is -0.357 e. The summed E-state index contributed by atoms with van der Waals surface area (Å²) in [4.78, 5) is 25.7. The van der Waals surface area contributed by atoms with Crippen molar-refractivity contribution >= 4 is 22.3 Å². The summed E-state index contributed by atoms with van der Waals surface area (Å²) in [5.41, 5.74) is 1.19. The first kappa shape index (κ1) is 14.8. The van der Waals surface area contributed by atoms with E-state index in [-0.39, 0.29) is 6.54 Å². The highest BCUT2D eigenvalue weighted by Crippen LogP contribution is 2.43. The van der Waals surface area contributed by atoms with E-state index in [2.05, 4.69) is 9.60 Å². The van der Waals surface area contributed by atoms with Gasteiger partial charge in [0.1, 0.15) is 12.1 Å². The molecule has 0 spiro atoms. The fourth-order valence-electron chi connectivity index (χ4n) is 2.88. The Kier molecular flexibility index (Phi) is 3.31. The molecule has 1 aromatic rings. The number of hydrogen-bond donors (Lipinski definition) is 2. The normalized spacial score (nSPS) is 23.5. The summed E-state index contributed by atoms with van der Waals surface area (Å²) < 4.78 is 35.1. The summed E-state index contributed by atoms with van der Waals surface area (Å²) in [6, 6.07) is 4.42. The number of carbonyl (C=O) groups is 2. The van der Waals surface area contributed by atoms with Crippen LogP contribution in [0.3, 0.4) is 0 Å². The summed E-state index contributed by atoms with van der Waals surface area (Å²) in [5.74, 6) is -0.395. The lowest BCUT2D eigenvalue weighted by atomic mass is 9.91. The summed E-state index contributed by atoms with van der Waals surface area (Å²) >= 11 is 0. The smallest absolute Gasteiger partial charge is 0.357 e. The van der Waals surface area contributed by atoms with Crippen molar-refractivity contribution in [1.82, 2.24) is 15.3 Å². The molecule has 2 aliphatic rings. The number of amides is 3. The zero-order chi connectivity index (χ0) is 16.1. The molecule has 1 aromatic carbocycles. The number of hydroxylamine groups is 2. The molecule has 2 heterocycles. The summed E-state index contributed by atoms with van der Waals surface area (Å²) in [5, 5.41) is 3.06. The van der Waals surface area contributed by atoms with Crippen LogP contribution in [0.5, 0.6) is 0 Å². The maximum Gasteiger partial charge on any atom is 0.418 e. The molecule has 3 rings (SSSR count). The molecule has 3 amide bonds. The minimum absolute atomic E-state index is 0.0868. The van der Waals surface area contributed by atoms with Crippen molar-refractivity contribution in [3.05, 3.63) is 35.4 Å². The third kappa shape index (κ3) is 2.21. The fraction of sp³-hybridized carbons (Fsp3) is 0.333. The van der Waals surface area contributed by atoms with Crippen molar-refractivity contribution in [2.24, 2.45) is 0 Å². The number of benzene rings is 1. The van der Waals surface area contributed by atoms with E-state index in [9.17, 15) is 18.0 Å². The van der Waals surface area contributed by atoms with Gasteiger partial charge in [-0.2, -0.15) is 13.5 Å². The Hall–Kier alpha value is -2.17. The van der Waals surface area contributed by atoms with E-state index in [1.54, 1.807) is 24.3 Å². The van der Waals surface area contributed by atoms with Crippen LogP contribution < -0.4 is 5.32 Å².